The number of imidazole rings is 1. The van der Waals surface area contributed by atoms with Crippen molar-refractivity contribution in [2.24, 2.45) is 0 Å². The van der Waals surface area contributed by atoms with Gasteiger partial charge < -0.3 is 19.4 Å². The van der Waals surface area contributed by atoms with E-state index in [2.05, 4.69) is 9.97 Å². The lowest BCUT2D eigenvalue weighted by molar-refractivity contribution is 0.00887. The van der Waals surface area contributed by atoms with Gasteiger partial charge >= 0.3 is 5.97 Å². The number of benzene rings is 2. The molecule has 0 bridgehead atoms. The van der Waals surface area contributed by atoms with E-state index < -0.39 is 18.2 Å². The fourth-order valence-corrected chi connectivity index (χ4v) is 3.38. The molecule has 0 saturated carbocycles. The van der Waals surface area contributed by atoms with Crippen molar-refractivity contribution in [1.82, 2.24) is 14.9 Å². The van der Waals surface area contributed by atoms with Crippen LogP contribution < -0.4 is 0 Å². The Morgan fingerprint density at radius 3 is 2.72 bits per heavy atom. The van der Waals surface area contributed by atoms with Gasteiger partial charge in [-0.25, -0.2) is 14.2 Å². The Morgan fingerprint density at radius 1 is 1.17 bits per heavy atom. The van der Waals surface area contributed by atoms with Gasteiger partial charge in [0.15, 0.2) is 0 Å². The summed E-state index contributed by atoms with van der Waals surface area (Å²) in [6, 6.07) is 13.8. The number of aromatic amines is 1. The highest BCUT2D eigenvalue weighted by Crippen LogP contribution is 2.21. The summed E-state index contributed by atoms with van der Waals surface area (Å²) in [7, 11) is 1.32. The molecule has 8 heteroatoms. The van der Waals surface area contributed by atoms with Gasteiger partial charge in [-0.05, 0) is 30.3 Å². The molecule has 1 N–H and O–H groups in total. The van der Waals surface area contributed by atoms with Crippen molar-refractivity contribution in [1.29, 1.82) is 0 Å². The van der Waals surface area contributed by atoms with E-state index in [0.29, 0.717) is 28.0 Å². The van der Waals surface area contributed by atoms with Crippen LogP contribution in [-0.2, 0) is 16.1 Å². The Hall–Kier alpha value is -3.26. The molecule has 4 rings (SSSR count). The topological polar surface area (TPSA) is 84.5 Å². The SMILES string of the molecule is COC(=O)c1ccc2nc(CO[C@H]3CN(C(=O)c4ccccc4)C[C@H]3F)[nH]c2c1. The normalized spacial score (nSPS) is 18.9. The number of nitrogens with zero attached hydrogens (tertiary/aromatic N) is 2. The Morgan fingerprint density at radius 2 is 1.97 bits per heavy atom. The summed E-state index contributed by atoms with van der Waals surface area (Å²) in [5.41, 5.74) is 2.26. The lowest BCUT2D eigenvalue weighted by Crippen LogP contribution is -2.30. The molecule has 1 saturated heterocycles. The molecule has 1 aliphatic heterocycles. The van der Waals surface area contributed by atoms with Gasteiger partial charge in [-0.1, -0.05) is 18.2 Å². The van der Waals surface area contributed by atoms with Gasteiger partial charge in [0, 0.05) is 5.56 Å². The molecule has 150 valence electrons. The highest BCUT2D eigenvalue weighted by molar-refractivity contribution is 5.94. The number of halogens is 1. The van der Waals surface area contributed by atoms with Crippen molar-refractivity contribution in [2.75, 3.05) is 20.2 Å². The number of carbonyl (C=O) groups excluding carboxylic acids is 2. The number of rotatable bonds is 5. The molecule has 1 aromatic heterocycles. The summed E-state index contributed by atoms with van der Waals surface area (Å²) in [5.74, 6) is -0.130. The Labute approximate surface area is 166 Å². The van der Waals surface area contributed by atoms with Crippen molar-refractivity contribution in [3.8, 4) is 0 Å². The number of amides is 1. The molecule has 7 nitrogen and oxygen atoms in total. The van der Waals surface area contributed by atoms with E-state index >= 15 is 0 Å². The van der Waals surface area contributed by atoms with Crippen LogP contribution in [0.2, 0.25) is 0 Å². The van der Waals surface area contributed by atoms with E-state index in [4.69, 9.17) is 9.47 Å². The number of hydrogen-bond donors (Lipinski definition) is 1. The first-order valence-corrected chi connectivity index (χ1v) is 9.22. The van der Waals surface area contributed by atoms with Gasteiger partial charge in [-0.3, -0.25) is 4.79 Å². The summed E-state index contributed by atoms with van der Waals surface area (Å²) < 4.78 is 24.8. The number of fused-ring (bicyclic) bond motifs is 1. The summed E-state index contributed by atoms with van der Waals surface area (Å²) in [6.07, 6.45) is -1.99. The van der Waals surface area contributed by atoms with Crippen LogP contribution in [0.15, 0.2) is 48.5 Å². The number of nitrogens with one attached hydrogen (secondary N) is 1. The molecule has 1 fully saturated rings. The molecular weight excluding hydrogens is 377 g/mol. The highest BCUT2D eigenvalue weighted by atomic mass is 19.1. The van der Waals surface area contributed by atoms with Crippen LogP contribution in [0.5, 0.6) is 0 Å². The molecular formula is C21H20FN3O4. The van der Waals surface area contributed by atoms with E-state index in [1.54, 1.807) is 42.5 Å². The molecule has 0 aliphatic carbocycles. The molecule has 1 aliphatic rings. The van der Waals surface area contributed by atoms with Gasteiger partial charge in [0.2, 0.25) is 0 Å². The minimum atomic E-state index is -1.27. The summed E-state index contributed by atoms with van der Waals surface area (Å²) >= 11 is 0. The van der Waals surface area contributed by atoms with E-state index in [-0.39, 0.29) is 25.6 Å². The molecule has 0 spiro atoms. The Kier molecular flexibility index (Phi) is 5.26. The second-order valence-corrected chi connectivity index (χ2v) is 6.85. The average molecular weight is 397 g/mol. The number of carbonyl (C=O) groups is 2. The molecule has 0 radical (unpaired) electrons. The number of likely N-dealkylation sites (tertiary alicyclic amines) is 1. The maximum Gasteiger partial charge on any atom is 0.337 e. The predicted molar refractivity (Wildman–Crippen MR) is 103 cm³/mol. The van der Waals surface area contributed by atoms with Gasteiger partial charge in [0.25, 0.3) is 5.91 Å². The maximum atomic E-state index is 14.4. The third-order valence-electron chi connectivity index (χ3n) is 4.89. The Bertz CT molecular complexity index is 1040. The summed E-state index contributed by atoms with van der Waals surface area (Å²) in [6.45, 7) is 0.253. The van der Waals surface area contributed by atoms with Crippen molar-refractivity contribution in [2.45, 2.75) is 18.9 Å². The monoisotopic (exact) mass is 397 g/mol. The van der Waals surface area contributed by atoms with Gasteiger partial charge in [-0.2, -0.15) is 0 Å². The Balaban J connectivity index is 1.40. The van der Waals surface area contributed by atoms with E-state index in [1.807, 2.05) is 6.07 Å². The first kappa shape index (κ1) is 19.1. The van der Waals surface area contributed by atoms with E-state index in [9.17, 15) is 14.0 Å². The van der Waals surface area contributed by atoms with Crippen LogP contribution in [0.4, 0.5) is 4.39 Å². The third-order valence-corrected chi connectivity index (χ3v) is 4.89. The number of hydrogen-bond acceptors (Lipinski definition) is 5. The van der Waals surface area contributed by atoms with Crippen LogP contribution in [-0.4, -0.2) is 59.2 Å². The fourth-order valence-electron chi connectivity index (χ4n) is 3.38. The molecule has 2 heterocycles. The predicted octanol–water partition coefficient (Wildman–Crippen LogP) is 2.73. The zero-order chi connectivity index (χ0) is 20.4. The molecule has 1 amide bonds. The zero-order valence-corrected chi connectivity index (χ0v) is 15.8. The van der Waals surface area contributed by atoms with Crippen molar-refractivity contribution >= 4 is 22.9 Å². The van der Waals surface area contributed by atoms with Gasteiger partial charge in [0.1, 0.15) is 24.7 Å². The van der Waals surface area contributed by atoms with Crippen LogP contribution in [0.3, 0.4) is 0 Å². The molecule has 2 aromatic carbocycles. The second kappa shape index (κ2) is 8.00. The van der Waals surface area contributed by atoms with Crippen molar-refractivity contribution < 1.29 is 23.5 Å². The first-order chi connectivity index (χ1) is 14.0. The van der Waals surface area contributed by atoms with Crippen molar-refractivity contribution in [3.63, 3.8) is 0 Å². The van der Waals surface area contributed by atoms with Crippen LogP contribution >= 0.6 is 0 Å². The van der Waals surface area contributed by atoms with Crippen molar-refractivity contribution in [3.05, 3.63) is 65.5 Å². The number of alkyl halides is 1. The van der Waals surface area contributed by atoms with Gasteiger partial charge in [-0.15, -0.1) is 0 Å². The van der Waals surface area contributed by atoms with Crippen LogP contribution in [0.25, 0.3) is 11.0 Å². The zero-order valence-electron chi connectivity index (χ0n) is 15.8. The number of esters is 1. The van der Waals surface area contributed by atoms with Crippen LogP contribution in [0, 0.1) is 0 Å². The lowest BCUT2D eigenvalue weighted by atomic mass is 10.2. The number of aromatic nitrogens is 2. The molecule has 3 aromatic rings. The van der Waals surface area contributed by atoms with E-state index in [1.165, 1.54) is 12.0 Å². The minimum absolute atomic E-state index is 0.00101. The van der Waals surface area contributed by atoms with Crippen LogP contribution in [0.1, 0.15) is 26.5 Å². The first-order valence-electron chi connectivity index (χ1n) is 9.22. The number of H-pyrrole nitrogens is 1. The maximum absolute atomic E-state index is 14.4. The second-order valence-electron chi connectivity index (χ2n) is 6.85. The fraction of sp³-hybridized carbons (Fsp3) is 0.286. The quantitative estimate of drug-likeness (QED) is 0.670. The molecule has 0 unspecified atom stereocenters. The third kappa shape index (κ3) is 3.97. The number of methoxy groups -OCH3 is 1. The number of ether oxygens (including phenoxy) is 2. The summed E-state index contributed by atoms with van der Waals surface area (Å²) in [4.78, 5) is 33.0. The highest BCUT2D eigenvalue weighted by Gasteiger charge is 2.36. The lowest BCUT2D eigenvalue weighted by Gasteiger charge is -2.16. The molecule has 2 atom stereocenters. The minimum Gasteiger partial charge on any atom is -0.465 e. The smallest absolute Gasteiger partial charge is 0.337 e. The average Bonchev–Trinajstić information content (AvgIpc) is 3.33. The molecule has 29 heavy (non-hydrogen) atoms. The standard InChI is InChI=1S/C21H20FN3O4/c1-28-21(27)14-7-8-16-17(9-14)24-19(23-16)12-29-18-11-25(10-15(18)22)20(26)13-5-3-2-4-6-13/h2-9,15,18H,10-12H2,1H3,(H,23,24)/t15-,18+/m1/s1. The summed E-state index contributed by atoms with van der Waals surface area (Å²) in [5, 5.41) is 0. The van der Waals surface area contributed by atoms with Gasteiger partial charge in [0.05, 0.1) is 36.8 Å². The largest absolute Gasteiger partial charge is 0.465 e. The van der Waals surface area contributed by atoms with E-state index in [0.717, 1.165) is 0 Å².